The Hall–Kier alpha value is -1.99. The lowest BCUT2D eigenvalue weighted by molar-refractivity contribution is 0.0919. The minimum Gasteiger partial charge on any atom is -0.390 e. The summed E-state index contributed by atoms with van der Waals surface area (Å²) in [5.74, 6) is 0.786. The maximum absolute atomic E-state index is 10.1. The first-order valence-electron chi connectivity index (χ1n) is 7.21. The summed E-state index contributed by atoms with van der Waals surface area (Å²) >= 11 is 0. The molecule has 3 rings (SSSR count). The second kappa shape index (κ2) is 6.64. The van der Waals surface area contributed by atoms with E-state index in [0.717, 1.165) is 32.1 Å². The fourth-order valence-corrected chi connectivity index (χ4v) is 2.57. The molecule has 3 heterocycles. The van der Waals surface area contributed by atoms with E-state index in [1.54, 1.807) is 23.3 Å². The number of rotatable bonds is 5. The lowest BCUT2D eigenvalue weighted by atomic mass is 10.2. The van der Waals surface area contributed by atoms with E-state index in [9.17, 15) is 5.11 Å². The van der Waals surface area contributed by atoms with Crippen LogP contribution < -0.4 is 4.90 Å². The lowest BCUT2D eigenvalue weighted by Gasteiger charge is -2.35. The molecule has 0 spiro atoms. The van der Waals surface area contributed by atoms with Gasteiger partial charge in [0.1, 0.15) is 0 Å². The van der Waals surface area contributed by atoms with Crippen molar-refractivity contribution >= 4 is 5.95 Å². The summed E-state index contributed by atoms with van der Waals surface area (Å²) in [6.45, 7) is 4.80. The van der Waals surface area contributed by atoms with E-state index in [-0.39, 0.29) is 0 Å². The molecular formula is C14H20N6O. The SMILES string of the molecule is O[C@H](CN1CCN(c2ncccn2)CC1)Cn1cccn1. The molecule has 21 heavy (non-hydrogen) atoms. The van der Waals surface area contributed by atoms with Crippen molar-refractivity contribution in [2.24, 2.45) is 0 Å². The van der Waals surface area contributed by atoms with Crippen LogP contribution in [0.4, 0.5) is 5.95 Å². The highest BCUT2D eigenvalue weighted by Gasteiger charge is 2.20. The van der Waals surface area contributed by atoms with Crippen LogP contribution in [0, 0.1) is 0 Å². The number of hydrogen-bond donors (Lipinski definition) is 1. The summed E-state index contributed by atoms with van der Waals surface area (Å²) in [6.07, 6.45) is 6.73. The van der Waals surface area contributed by atoms with Crippen molar-refractivity contribution in [3.63, 3.8) is 0 Å². The zero-order valence-corrected chi connectivity index (χ0v) is 11.9. The number of aromatic nitrogens is 4. The van der Waals surface area contributed by atoms with E-state index in [2.05, 4.69) is 24.9 Å². The Morgan fingerprint density at radius 1 is 1.00 bits per heavy atom. The molecule has 7 nitrogen and oxygen atoms in total. The van der Waals surface area contributed by atoms with Gasteiger partial charge in [0.05, 0.1) is 12.6 Å². The standard InChI is InChI=1S/C14H20N6O/c21-13(12-20-6-2-5-17-20)11-18-7-9-19(10-8-18)14-15-3-1-4-16-14/h1-6,13,21H,7-12H2/t13-/m1/s1. The maximum Gasteiger partial charge on any atom is 0.225 e. The molecule has 0 radical (unpaired) electrons. The highest BCUT2D eigenvalue weighted by molar-refractivity contribution is 5.29. The number of aliphatic hydroxyl groups is 1. The van der Waals surface area contributed by atoms with Gasteiger partial charge in [-0.25, -0.2) is 9.97 Å². The maximum atomic E-state index is 10.1. The first-order chi connectivity index (χ1) is 10.3. The van der Waals surface area contributed by atoms with Crippen molar-refractivity contribution in [2.75, 3.05) is 37.6 Å². The molecule has 1 fully saturated rings. The smallest absolute Gasteiger partial charge is 0.225 e. The van der Waals surface area contributed by atoms with E-state index in [1.807, 2.05) is 18.3 Å². The van der Waals surface area contributed by atoms with Crippen molar-refractivity contribution in [1.82, 2.24) is 24.6 Å². The van der Waals surface area contributed by atoms with Gasteiger partial charge in [-0.3, -0.25) is 9.58 Å². The molecule has 2 aromatic rings. The van der Waals surface area contributed by atoms with Gasteiger partial charge in [-0.15, -0.1) is 0 Å². The number of anilines is 1. The molecule has 1 aliphatic heterocycles. The Balaban J connectivity index is 1.45. The average Bonchev–Trinajstić information content (AvgIpc) is 3.02. The molecular weight excluding hydrogens is 268 g/mol. The summed E-state index contributed by atoms with van der Waals surface area (Å²) in [4.78, 5) is 13.0. The molecule has 1 saturated heterocycles. The highest BCUT2D eigenvalue weighted by Crippen LogP contribution is 2.10. The average molecular weight is 288 g/mol. The van der Waals surface area contributed by atoms with Crippen LogP contribution in [0.5, 0.6) is 0 Å². The van der Waals surface area contributed by atoms with Gasteiger partial charge >= 0.3 is 0 Å². The van der Waals surface area contributed by atoms with Gasteiger partial charge in [-0.2, -0.15) is 5.10 Å². The van der Waals surface area contributed by atoms with Gasteiger partial charge in [0.2, 0.25) is 5.95 Å². The second-order valence-corrected chi connectivity index (χ2v) is 5.22. The van der Waals surface area contributed by atoms with Crippen LogP contribution in [0.25, 0.3) is 0 Å². The van der Waals surface area contributed by atoms with Crippen LogP contribution in [0.1, 0.15) is 0 Å². The van der Waals surface area contributed by atoms with E-state index < -0.39 is 6.10 Å². The summed E-state index contributed by atoms with van der Waals surface area (Å²) in [5, 5.41) is 14.2. The number of β-amino-alcohol motifs (C(OH)–C–C–N with tert-alkyl or cyclic N) is 1. The Bertz CT molecular complexity index is 524. The van der Waals surface area contributed by atoms with Gasteiger partial charge in [0, 0.05) is 57.5 Å². The van der Waals surface area contributed by atoms with Gasteiger partial charge in [0.25, 0.3) is 0 Å². The summed E-state index contributed by atoms with van der Waals surface area (Å²) < 4.78 is 1.76. The van der Waals surface area contributed by atoms with Crippen LogP contribution in [0.15, 0.2) is 36.9 Å². The first kappa shape index (κ1) is 14.0. The van der Waals surface area contributed by atoms with Gasteiger partial charge in [0.15, 0.2) is 0 Å². The molecule has 1 aliphatic rings. The number of hydrogen-bond acceptors (Lipinski definition) is 6. The van der Waals surface area contributed by atoms with Crippen molar-refractivity contribution in [2.45, 2.75) is 12.6 Å². The van der Waals surface area contributed by atoms with Crippen molar-refractivity contribution in [3.05, 3.63) is 36.9 Å². The van der Waals surface area contributed by atoms with Crippen LogP contribution in [0.3, 0.4) is 0 Å². The highest BCUT2D eigenvalue weighted by atomic mass is 16.3. The monoisotopic (exact) mass is 288 g/mol. The minimum atomic E-state index is -0.399. The lowest BCUT2D eigenvalue weighted by Crippen LogP contribution is -2.49. The summed E-state index contributed by atoms with van der Waals surface area (Å²) in [7, 11) is 0. The topological polar surface area (TPSA) is 70.3 Å². The third kappa shape index (κ3) is 3.77. The molecule has 112 valence electrons. The Morgan fingerprint density at radius 3 is 2.43 bits per heavy atom. The third-order valence-corrected chi connectivity index (χ3v) is 3.63. The fraction of sp³-hybridized carbons (Fsp3) is 0.500. The van der Waals surface area contributed by atoms with E-state index >= 15 is 0 Å². The predicted octanol–water partition coefficient (Wildman–Crippen LogP) is -0.144. The number of piperazine rings is 1. The van der Waals surface area contributed by atoms with Crippen LogP contribution in [-0.2, 0) is 6.54 Å². The quantitative estimate of drug-likeness (QED) is 0.825. The molecule has 1 atom stereocenters. The fourth-order valence-electron chi connectivity index (χ4n) is 2.57. The molecule has 0 saturated carbocycles. The first-order valence-corrected chi connectivity index (χ1v) is 7.21. The van der Waals surface area contributed by atoms with Crippen LogP contribution in [0.2, 0.25) is 0 Å². The second-order valence-electron chi connectivity index (χ2n) is 5.22. The third-order valence-electron chi connectivity index (χ3n) is 3.63. The molecule has 0 aliphatic carbocycles. The van der Waals surface area contributed by atoms with Gasteiger partial charge in [-0.05, 0) is 12.1 Å². The van der Waals surface area contributed by atoms with Crippen LogP contribution in [-0.4, -0.2) is 68.6 Å². The summed E-state index contributed by atoms with van der Waals surface area (Å²) in [5.41, 5.74) is 0. The van der Waals surface area contributed by atoms with E-state index in [1.165, 1.54) is 0 Å². The number of nitrogens with zero attached hydrogens (tertiary/aromatic N) is 6. The predicted molar refractivity (Wildman–Crippen MR) is 78.9 cm³/mol. The number of aliphatic hydroxyl groups excluding tert-OH is 1. The Morgan fingerprint density at radius 2 is 1.76 bits per heavy atom. The van der Waals surface area contributed by atoms with Crippen molar-refractivity contribution < 1.29 is 5.11 Å². The van der Waals surface area contributed by atoms with Crippen molar-refractivity contribution in [3.8, 4) is 0 Å². The minimum absolute atomic E-state index is 0.399. The van der Waals surface area contributed by atoms with Gasteiger partial charge in [-0.1, -0.05) is 0 Å². The largest absolute Gasteiger partial charge is 0.390 e. The molecule has 0 unspecified atom stereocenters. The summed E-state index contributed by atoms with van der Waals surface area (Å²) in [6, 6.07) is 3.69. The molecule has 1 N–H and O–H groups in total. The van der Waals surface area contributed by atoms with E-state index in [4.69, 9.17) is 0 Å². The molecule has 2 aromatic heterocycles. The van der Waals surface area contributed by atoms with Gasteiger partial charge < -0.3 is 10.0 Å². The zero-order chi connectivity index (χ0) is 14.5. The molecule has 0 amide bonds. The zero-order valence-electron chi connectivity index (χ0n) is 11.9. The normalized spacial score (nSPS) is 17.9. The molecule has 0 aromatic carbocycles. The van der Waals surface area contributed by atoms with E-state index in [0.29, 0.717) is 13.1 Å². The van der Waals surface area contributed by atoms with Crippen LogP contribution >= 0.6 is 0 Å². The Kier molecular flexibility index (Phi) is 4.42. The molecule has 7 heteroatoms. The van der Waals surface area contributed by atoms with Crippen molar-refractivity contribution in [1.29, 1.82) is 0 Å². The molecule has 0 bridgehead atoms. The Labute approximate surface area is 123 Å².